The Balaban J connectivity index is 1.04. The molecule has 0 aliphatic heterocycles. The van der Waals surface area contributed by atoms with Gasteiger partial charge in [-0.25, -0.2) is 15.0 Å². The highest BCUT2D eigenvalue weighted by Gasteiger charge is 2.20. The second kappa shape index (κ2) is 15.2. The summed E-state index contributed by atoms with van der Waals surface area (Å²) in [6, 6.07) is 81.5. The summed E-state index contributed by atoms with van der Waals surface area (Å²) in [5.41, 5.74) is 15.7. The van der Waals surface area contributed by atoms with Crippen molar-refractivity contribution in [2.45, 2.75) is 0 Å². The summed E-state index contributed by atoms with van der Waals surface area (Å²) in [7, 11) is 0. The molecule has 0 bridgehead atoms. The van der Waals surface area contributed by atoms with E-state index in [-0.39, 0.29) is 0 Å². The van der Waals surface area contributed by atoms with E-state index in [0.29, 0.717) is 5.82 Å². The Morgan fingerprint density at radius 3 is 1.52 bits per heavy atom. The Hall–Kier alpha value is -8.47. The maximum absolute atomic E-state index is 5.55. The van der Waals surface area contributed by atoms with Crippen LogP contribution in [0.5, 0.6) is 0 Å². The van der Waals surface area contributed by atoms with Gasteiger partial charge in [0.2, 0.25) is 0 Å². The van der Waals surface area contributed by atoms with Gasteiger partial charge in [0, 0.05) is 49.5 Å². The molecule has 0 amide bonds. The van der Waals surface area contributed by atoms with E-state index in [4.69, 9.17) is 15.0 Å². The standard InChI is InChI=1S/C59H38N4/c1-5-17-39(18-6-1)42-23-16-26-46(36-42)59-60-53(40-19-7-2-8-20-40)38-54(61-59)45-25-15-24-43(35-45)44-31-32-49-52-34-33-51-48-29-13-14-30-50(48)56(41-21-9-3-10-22-41)62-57(51)58(52)63(55(49)37-44)47-27-11-4-12-28-47/h1-38H. The monoisotopic (exact) mass is 802 g/mol. The van der Waals surface area contributed by atoms with Crippen molar-refractivity contribution in [2.75, 3.05) is 0 Å². The second-order valence-corrected chi connectivity index (χ2v) is 16.0. The van der Waals surface area contributed by atoms with Gasteiger partial charge in [-0.15, -0.1) is 0 Å². The van der Waals surface area contributed by atoms with Crippen LogP contribution in [0.15, 0.2) is 231 Å². The van der Waals surface area contributed by atoms with E-state index in [1.807, 2.05) is 12.1 Å². The van der Waals surface area contributed by atoms with E-state index in [0.717, 1.165) is 94.6 Å². The summed E-state index contributed by atoms with van der Waals surface area (Å²) in [4.78, 5) is 16.0. The van der Waals surface area contributed by atoms with Crippen molar-refractivity contribution >= 4 is 43.5 Å². The molecule has 0 fully saturated rings. The van der Waals surface area contributed by atoms with Gasteiger partial charge < -0.3 is 4.57 Å². The summed E-state index contributed by atoms with van der Waals surface area (Å²) in [5.74, 6) is 0.687. The SMILES string of the molecule is c1ccc(-c2cccc(-c3nc(-c4ccccc4)cc(-c4cccc(-c5ccc6c7ccc8c9ccccc9c(-c9ccccc9)nc8c7n(-c7ccccc7)c6c5)c4)n3)c2)cc1. The summed E-state index contributed by atoms with van der Waals surface area (Å²) < 4.78 is 2.41. The lowest BCUT2D eigenvalue weighted by molar-refractivity contribution is 1.18. The number of para-hydroxylation sites is 1. The Morgan fingerprint density at radius 1 is 0.286 bits per heavy atom. The van der Waals surface area contributed by atoms with Crippen LogP contribution in [0, 0.1) is 0 Å². The lowest BCUT2D eigenvalue weighted by Crippen LogP contribution is -1.97. The van der Waals surface area contributed by atoms with Crippen LogP contribution in [-0.4, -0.2) is 19.5 Å². The molecule has 0 saturated heterocycles. The first-order valence-electron chi connectivity index (χ1n) is 21.4. The fraction of sp³-hybridized carbons (Fsp3) is 0. The fourth-order valence-corrected chi connectivity index (χ4v) is 9.16. The quantitative estimate of drug-likeness (QED) is 0.151. The van der Waals surface area contributed by atoms with Gasteiger partial charge >= 0.3 is 0 Å². The van der Waals surface area contributed by atoms with Gasteiger partial charge in [0.05, 0.1) is 33.6 Å². The van der Waals surface area contributed by atoms with Crippen molar-refractivity contribution in [1.29, 1.82) is 0 Å². The Bertz CT molecular complexity index is 3650. The van der Waals surface area contributed by atoms with Gasteiger partial charge in [0.25, 0.3) is 0 Å². The van der Waals surface area contributed by atoms with E-state index in [9.17, 15) is 0 Å². The number of hydrogen-bond donors (Lipinski definition) is 0. The minimum Gasteiger partial charge on any atom is -0.307 e. The molecule has 0 atom stereocenters. The van der Waals surface area contributed by atoms with Crippen LogP contribution in [0.1, 0.15) is 0 Å². The molecule has 0 saturated carbocycles. The molecule has 4 nitrogen and oxygen atoms in total. The highest BCUT2D eigenvalue weighted by molar-refractivity contribution is 6.23. The van der Waals surface area contributed by atoms with Crippen molar-refractivity contribution in [3.63, 3.8) is 0 Å². The van der Waals surface area contributed by atoms with E-state index in [1.54, 1.807) is 0 Å². The molecule has 3 aromatic heterocycles. The molecule has 0 N–H and O–H groups in total. The van der Waals surface area contributed by atoms with Gasteiger partial charge in [-0.2, -0.15) is 0 Å². The number of rotatable bonds is 7. The smallest absolute Gasteiger partial charge is 0.160 e. The molecule has 12 aromatic rings. The van der Waals surface area contributed by atoms with E-state index < -0.39 is 0 Å². The maximum Gasteiger partial charge on any atom is 0.160 e. The van der Waals surface area contributed by atoms with E-state index >= 15 is 0 Å². The van der Waals surface area contributed by atoms with Gasteiger partial charge in [-0.3, -0.25) is 0 Å². The van der Waals surface area contributed by atoms with Gasteiger partial charge in [-0.05, 0) is 64.0 Å². The van der Waals surface area contributed by atoms with Crippen LogP contribution in [0.25, 0.3) is 117 Å². The fourth-order valence-electron chi connectivity index (χ4n) is 9.16. The summed E-state index contributed by atoms with van der Waals surface area (Å²) in [6.45, 7) is 0. The van der Waals surface area contributed by atoms with E-state index in [1.165, 1.54) is 16.2 Å². The van der Waals surface area contributed by atoms with Crippen molar-refractivity contribution in [3.8, 4) is 73.1 Å². The molecule has 63 heavy (non-hydrogen) atoms. The zero-order valence-corrected chi connectivity index (χ0v) is 34.2. The molecule has 3 heterocycles. The molecular formula is C59H38N4. The minimum atomic E-state index is 0.687. The predicted octanol–water partition coefficient (Wildman–Crippen LogP) is 15.3. The molecule has 12 rings (SSSR count). The average Bonchev–Trinajstić information content (AvgIpc) is 3.71. The van der Waals surface area contributed by atoms with Crippen molar-refractivity contribution < 1.29 is 0 Å². The van der Waals surface area contributed by atoms with Crippen LogP contribution < -0.4 is 0 Å². The molecule has 0 aliphatic rings. The third-order valence-electron chi connectivity index (χ3n) is 12.2. The molecule has 0 radical (unpaired) electrons. The Kier molecular flexibility index (Phi) is 8.79. The predicted molar refractivity (Wildman–Crippen MR) is 262 cm³/mol. The largest absolute Gasteiger partial charge is 0.307 e. The van der Waals surface area contributed by atoms with Crippen molar-refractivity contribution in [1.82, 2.24) is 19.5 Å². The highest BCUT2D eigenvalue weighted by Crippen LogP contribution is 2.42. The second-order valence-electron chi connectivity index (χ2n) is 16.0. The lowest BCUT2D eigenvalue weighted by Gasteiger charge is -2.14. The van der Waals surface area contributed by atoms with Crippen LogP contribution in [-0.2, 0) is 0 Å². The Labute approximate surface area is 365 Å². The topological polar surface area (TPSA) is 43.6 Å². The molecule has 0 aliphatic carbocycles. The van der Waals surface area contributed by atoms with Gasteiger partial charge in [0.1, 0.15) is 0 Å². The van der Waals surface area contributed by atoms with Gasteiger partial charge in [0.15, 0.2) is 5.82 Å². The molecule has 9 aromatic carbocycles. The van der Waals surface area contributed by atoms with Crippen LogP contribution in [0.4, 0.5) is 0 Å². The number of nitrogens with zero attached hydrogens (tertiary/aromatic N) is 4. The normalized spacial score (nSPS) is 11.5. The third-order valence-corrected chi connectivity index (χ3v) is 12.2. The molecule has 0 unspecified atom stereocenters. The van der Waals surface area contributed by atoms with Crippen molar-refractivity contribution in [2.24, 2.45) is 0 Å². The first-order chi connectivity index (χ1) is 31.2. The molecule has 0 spiro atoms. The van der Waals surface area contributed by atoms with E-state index in [2.05, 4.69) is 223 Å². The number of aromatic nitrogens is 4. The average molecular weight is 803 g/mol. The molecule has 4 heteroatoms. The summed E-state index contributed by atoms with van der Waals surface area (Å²) in [5, 5.41) is 5.82. The van der Waals surface area contributed by atoms with Crippen LogP contribution in [0.3, 0.4) is 0 Å². The highest BCUT2D eigenvalue weighted by atomic mass is 15.0. The maximum atomic E-state index is 5.55. The third kappa shape index (κ3) is 6.44. The molecular weight excluding hydrogens is 765 g/mol. The zero-order valence-electron chi connectivity index (χ0n) is 34.2. The van der Waals surface area contributed by atoms with Gasteiger partial charge in [-0.1, -0.05) is 194 Å². The first kappa shape index (κ1) is 36.4. The number of fused-ring (bicyclic) bond motifs is 7. The van der Waals surface area contributed by atoms with Crippen LogP contribution >= 0.6 is 0 Å². The molecule has 294 valence electrons. The summed E-state index contributed by atoms with van der Waals surface area (Å²) >= 11 is 0. The zero-order chi connectivity index (χ0) is 41.7. The number of hydrogen-bond acceptors (Lipinski definition) is 3. The number of pyridine rings is 1. The summed E-state index contributed by atoms with van der Waals surface area (Å²) in [6.07, 6.45) is 0. The van der Waals surface area contributed by atoms with Crippen LogP contribution in [0.2, 0.25) is 0 Å². The minimum absolute atomic E-state index is 0.687. The Morgan fingerprint density at radius 2 is 0.794 bits per heavy atom. The number of benzene rings is 9. The first-order valence-corrected chi connectivity index (χ1v) is 21.4. The van der Waals surface area contributed by atoms with Crippen molar-refractivity contribution in [3.05, 3.63) is 231 Å². The lowest BCUT2D eigenvalue weighted by atomic mass is 9.98.